The van der Waals surface area contributed by atoms with E-state index in [0.717, 1.165) is 11.1 Å². The fourth-order valence-electron chi connectivity index (χ4n) is 3.88. The third-order valence-corrected chi connectivity index (χ3v) is 5.94. The van der Waals surface area contributed by atoms with Gasteiger partial charge in [-0.3, -0.25) is 14.9 Å². The highest BCUT2D eigenvalue weighted by Gasteiger charge is 2.43. The van der Waals surface area contributed by atoms with Crippen LogP contribution in [0.3, 0.4) is 0 Å². The molecule has 5 rings (SSSR count). The van der Waals surface area contributed by atoms with Crippen molar-refractivity contribution < 1.29 is 18.8 Å². The number of benzene rings is 3. The summed E-state index contributed by atoms with van der Waals surface area (Å²) in [6.45, 7) is 3.58. The summed E-state index contributed by atoms with van der Waals surface area (Å²) in [5, 5.41) is 15.9. The number of nitrogens with zero attached hydrogens (tertiary/aromatic N) is 2. The Morgan fingerprint density at radius 2 is 1.69 bits per heavy atom. The number of anilines is 1. The Kier molecular flexibility index (Phi) is 5.37. The van der Waals surface area contributed by atoms with Crippen LogP contribution in [0.5, 0.6) is 0 Å². The summed E-state index contributed by atoms with van der Waals surface area (Å²) in [6.07, 6.45) is 0. The van der Waals surface area contributed by atoms with Crippen LogP contribution in [0.25, 0.3) is 22.9 Å². The molecule has 174 valence electrons. The van der Waals surface area contributed by atoms with Crippen LogP contribution in [0.1, 0.15) is 28.4 Å². The number of hydrogen-bond acceptors (Lipinski definition) is 6. The Labute approximate surface area is 200 Å². The number of urea groups is 1. The second-order valence-electron chi connectivity index (χ2n) is 8.37. The Hall–Kier alpha value is -4.79. The van der Waals surface area contributed by atoms with Crippen molar-refractivity contribution in [2.45, 2.75) is 19.4 Å². The van der Waals surface area contributed by atoms with Gasteiger partial charge in [-0.05, 0) is 67.4 Å². The number of aryl methyl sites for hydroxylation is 1. The molecule has 1 fully saturated rings. The highest BCUT2D eigenvalue weighted by atomic mass is 16.4. The van der Waals surface area contributed by atoms with E-state index in [2.05, 4.69) is 26.1 Å². The number of hydrogen-bond donors (Lipinski definition) is 3. The SMILES string of the molecule is Cc1ccccc1-c1nnc(-c2ccc(C(=O)Nc3cccc(C4(C)NC(=O)NC4=O)c3)cc2)o1. The molecular weight excluding hydrogens is 446 g/mol. The Morgan fingerprint density at radius 1 is 0.943 bits per heavy atom. The van der Waals surface area contributed by atoms with Crippen LogP contribution in [0.2, 0.25) is 0 Å². The van der Waals surface area contributed by atoms with E-state index in [4.69, 9.17) is 4.42 Å². The van der Waals surface area contributed by atoms with Crippen LogP contribution in [0.4, 0.5) is 10.5 Å². The number of amides is 4. The van der Waals surface area contributed by atoms with Crippen molar-refractivity contribution >= 4 is 23.5 Å². The molecule has 3 N–H and O–H groups in total. The quantitative estimate of drug-likeness (QED) is 0.381. The van der Waals surface area contributed by atoms with Crippen molar-refractivity contribution in [2.24, 2.45) is 0 Å². The molecule has 0 saturated carbocycles. The van der Waals surface area contributed by atoms with E-state index in [-0.39, 0.29) is 5.91 Å². The average Bonchev–Trinajstić information content (AvgIpc) is 3.44. The van der Waals surface area contributed by atoms with Gasteiger partial charge in [-0.2, -0.15) is 0 Å². The maximum Gasteiger partial charge on any atom is 0.322 e. The van der Waals surface area contributed by atoms with Crippen LogP contribution in [-0.4, -0.2) is 28.0 Å². The van der Waals surface area contributed by atoms with Crippen molar-refractivity contribution in [3.8, 4) is 22.9 Å². The molecular formula is C26H21N5O4. The van der Waals surface area contributed by atoms with Gasteiger partial charge in [0, 0.05) is 22.4 Å². The monoisotopic (exact) mass is 467 g/mol. The number of nitrogens with one attached hydrogen (secondary N) is 3. The number of aromatic nitrogens is 2. The van der Waals surface area contributed by atoms with Gasteiger partial charge in [0.2, 0.25) is 11.8 Å². The number of imide groups is 1. The van der Waals surface area contributed by atoms with Gasteiger partial charge < -0.3 is 15.1 Å². The summed E-state index contributed by atoms with van der Waals surface area (Å²) in [4.78, 5) is 36.6. The lowest BCUT2D eigenvalue weighted by Gasteiger charge is -2.21. The van der Waals surface area contributed by atoms with Gasteiger partial charge in [0.15, 0.2) is 0 Å². The Balaban J connectivity index is 1.31. The van der Waals surface area contributed by atoms with Crippen molar-refractivity contribution in [3.63, 3.8) is 0 Å². The van der Waals surface area contributed by atoms with E-state index in [1.165, 1.54) is 0 Å². The first-order valence-electron chi connectivity index (χ1n) is 10.9. The zero-order valence-corrected chi connectivity index (χ0v) is 19.0. The normalized spacial score (nSPS) is 17.1. The lowest BCUT2D eigenvalue weighted by atomic mass is 9.92. The standard InChI is InChI=1S/C26H21N5O4/c1-15-6-3-4-9-20(15)23-31-30-22(35-23)17-12-10-16(11-13-17)21(32)27-19-8-5-7-18(14-19)26(2)24(33)28-25(34)29-26/h3-14H,1-2H3,(H,27,32)(H2,28,29,33,34). The summed E-state index contributed by atoms with van der Waals surface area (Å²) >= 11 is 0. The van der Waals surface area contributed by atoms with Crippen molar-refractivity contribution in [2.75, 3.05) is 5.32 Å². The second kappa shape index (κ2) is 8.53. The maximum absolute atomic E-state index is 12.8. The summed E-state index contributed by atoms with van der Waals surface area (Å²) in [7, 11) is 0. The third kappa shape index (κ3) is 4.15. The average molecular weight is 467 g/mol. The molecule has 4 amide bonds. The fraction of sp³-hybridized carbons (Fsp3) is 0.115. The molecule has 3 aromatic carbocycles. The third-order valence-electron chi connectivity index (χ3n) is 5.94. The molecule has 0 radical (unpaired) electrons. The van der Waals surface area contributed by atoms with Crippen LogP contribution in [0, 0.1) is 6.92 Å². The molecule has 0 aliphatic carbocycles. The molecule has 2 heterocycles. The fourth-order valence-corrected chi connectivity index (χ4v) is 3.88. The summed E-state index contributed by atoms with van der Waals surface area (Å²) in [5.41, 5.74) is 2.85. The van der Waals surface area contributed by atoms with Gasteiger partial charge in [-0.15, -0.1) is 10.2 Å². The van der Waals surface area contributed by atoms with Gasteiger partial charge in [0.25, 0.3) is 11.8 Å². The molecule has 9 heteroatoms. The smallest absolute Gasteiger partial charge is 0.322 e. The summed E-state index contributed by atoms with van der Waals surface area (Å²) in [6, 6.07) is 20.8. The van der Waals surface area contributed by atoms with E-state index in [1.54, 1.807) is 55.5 Å². The molecule has 0 bridgehead atoms. The predicted molar refractivity (Wildman–Crippen MR) is 128 cm³/mol. The maximum atomic E-state index is 12.8. The van der Waals surface area contributed by atoms with E-state index in [1.807, 2.05) is 31.2 Å². The minimum absolute atomic E-state index is 0.329. The lowest BCUT2D eigenvalue weighted by Crippen LogP contribution is -2.40. The minimum atomic E-state index is -1.21. The van der Waals surface area contributed by atoms with Crippen LogP contribution >= 0.6 is 0 Å². The minimum Gasteiger partial charge on any atom is -0.416 e. The molecule has 1 aromatic heterocycles. The highest BCUT2D eigenvalue weighted by Crippen LogP contribution is 2.28. The molecule has 9 nitrogen and oxygen atoms in total. The number of carbonyl (C=O) groups excluding carboxylic acids is 3. The molecule has 1 aliphatic rings. The van der Waals surface area contributed by atoms with E-state index < -0.39 is 17.5 Å². The van der Waals surface area contributed by atoms with Crippen molar-refractivity contribution in [1.82, 2.24) is 20.8 Å². The van der Waals surface area contributed by atoms with E-state index >= 15 is 0 Å². The van der Waals surface area contributed by atoms with E-state index in [0.29, 0.717) is 34.2 Å². The molecule has 1 saturated heterocycles. The summed E-state index contributed by atoms with van der Waals surface area (Å²) in [5.74, 6) is 0.00624. The topological polar surface area (TPSA) is 126 Å². The van der Waals surface area contributed by atoms with Gasteiger partial charge in [-0.25, -0.2) is 4.79 Å². The lowest BCUT2D eigenvalue weighted by molar-refractivity contribution is -0.123. The zero-order valence-electron chi connectivity index (χ0n) is 19.0. The molecule has 4 aromatic rings. The highest BCUT2D eigenvalue weighted by molar-refractivity contribution is 6.08. The largest absolute Gasteiger partial charge is 0.416 e. The van der Waals surface area contributed by atoms with Crippen molar-refractivity contribution in [3.05, 3.63) is 89.5 Å². The Bertz CT molecular complexity index is 1460. The first-order chi connectivity index (χ1) is 16.8. The van der Waals surface area contributed by atoms with Gasteiger partial charge in [-0.1, -0.05) is 30.3 Å². The molecule has 1 aliphatic heterocycles. The van der Waals surface area contributed by atoms with Gasteiger partial charge >= 0.3 is 6.03 Å². The number of carbonyl (C=O) groups is 3. The van der Waals surface area contributed by atoms with Crippen LogP contribution in [0.15, 0.2) is 77.2 Å². The first kappa shape index (κ1) is 22.0. The molecule has 1 atom stereocenters. The molecule has 1 unspecified atom stereocenters. The first-order valence-corrected chi connectivity index (χ1v) is 10.9. The van der Waals surface area contributed by atoms with Gasteiger partial charge in [0.05, 0.1) is 0 Å². The predicted octanol–water partition coefficient (Wildman–Crippen LogP) is 4.02. The summed E-state index contributed by atoms with van der Waals surface area (Å²) < 4.78 is 5.83. The van der Waals surface area contributed by atoms with Crippen LogP contribution in [-0.2, 0) is 10.3 Å². The number of rotatable bonds is 5. The molecule has 0 spiro atoms. The van der Waals surface area contributed by atoms with Crippen molar-refractivity contribution in [1.29, 1.82) is 0 Å². The van der Waals surface area contributed by atoms with Crippen LogP contribution < -0.4 is 16.0 Å². The Morgan fingerprint density at radius 3 is 2.40 bits per heavy atom. The van der Waals surface area contributed by atoms with Gasteiger partial charge in [0.1, 0.15) is 5.54 Å². The van der Waals surface area contributed by atoms with E-state index in [9.17, 15) is 14.4 Å². The zero-order chi connectivity index (χ0) is 24.6. The second-order valence-corrected chi connectivity index (χ2v) is 8.37. The molecule has 35 heavy (non-hydrogen) atoms.